The fraction of sp³-hybridized carbons (Fsp3) is 0.667. The van der Waals surface area contributed by atoms with Crippen LogP contribution in [0.4, 0.5) is 5.82 Å². The summed E-state index contributed by atoms with van der Waals surface area (Å²) >= 11 is 5.80. The molecule has 0 atom stereocenters. The molecule has 0 amide bonds. The number of nitrogens with one attached hydrogen (secondary N) is 1. The van der Waals surface area contributed by atoms with Gasteiger partial charge in [-0.1, -0.05) is 13.8 Å². The standard InChI is InChI=1S/C12H20ClN3O/c1-9-7-10(16-11(13)15-9)14-8-12(2,3)5-6-17-4/h7H,5-6,8H2,1-4H3,(H,14,15,16). The fourth-order valence-corrected chi connectivity index (χ4v) is 1.64. The summed E-state index contributed by atoms with van der Waals surface area (Å²) in [6.07, 6.45) is 0.994. The fourth-order valence-electron chi connectivity index (χ4n) is 1.42. The van der Waals surface area contributed by atoms with Gasteiger partial charge < -0.3 is 10.1 Å². The molecular formula is C12H20ClN3O. The quantitative estimate of drug-likeness (QED) is 0.796. The van der Waals surface area contributed by atoms with E-state index < -0.39 is 0 Å². The van der Waals surface area contributed by atoms with Crippen molar-refractivity contribution < 1.29 is 4.74 Å². The number of rotatable bonds is 6. The van der Waals surface area contributed by atoms with Gasteiger partial charge >= 0.3 is 0 Å². The maximum Gasteiger partial charge on any atom is 0.224 e. The summed E-state index contributed by atoms with van der Waals surface area (Å²) in [7, 11) is 1.72. The van der Waals surface area contributed by atoms with Crippen molar-refractivity contribution in [3.63, 3.8) is 0 Å². The van der Waals surface area contributed by atoms with Crippen LogP contribution in [0.3, 0.4) is 0 Å². The first-order chi connectivity index (χ1) is 7.93. The van der Waals surface area contributed by atoms with Crippen molar-refractivity contribution in [1.29, 1.82) is 0 Å². The van der Waals surface area contributed by atoms with E-state index in [0.29, 0.717) is 0 Å². The van der Waals surface area contributed by atoms with Gasteiger partial charge in [0, 0.05) is 32.0 Å². The summed E-state index contributed by atoms with van der Waals surface area (Å²) in [6, 6.07) is 1.89. The number of hydrogen-bond donors (Lipinski definition) is 1. The van der Waals surface area contributed by atoms with Crippen molar-refractivity contribution >= 4 is 17.4 Å². The zero-order valence-corrected chi connectivity index (χ0v) is 11.6. The molecule has 1 heterocycles. The van der Waals surface area contributed by atoms with Gasteiger partial charge in [0.25, 0.3) is 0 Å². The molecule has 1 aromatic rings. The molecule has 0 saturated carbocycles. The predicted octanol–water partition coefficient (Wildman–Crippen LogP) is 2.91. The summed E-state index contributed by atoms with van der Waals surface area (Å²) in [4.78, 5) is 8.15. The highest BCUT2D eigenvalue weighted by Gasteiger charge is 2.17. The van der Waals surface area contributed by atoms with E-state index in [1.807, 2.05) is 13.0 Å². The van der Waals surface area contributed by atoms with Gasteiger partial charge in [0.2, 0.25) is 5.28 Å². The number of nitrogens with zero attached hydrogens (tertiary/aromatic N) is 2. The molecule has 4 nitrogen and oxygen atoms in total. The minimum atomic E-state index is 0.154. The van der Waals surface area contributed by atoms with Crippen LogP contribution in [0, 0.1) is 12.3 Å². The van der Waals surface area contributed by atoms with E-state index in [1.165, 1.54) is 0 Å². The second-order valence-corrected chi connectivity index (χ2v) is 5.26. The highest BCUT2D eigenvalue weighted by atomic mass is 35.5. The maximum absolute atomic E-state index is 5.80. The van der Waals surface area contributed by atoms with Gasteiger partial charge in [-0.15, -0.1) is 0 Å². The molecule has 0 aliphatic carbocycles. The van der Waals surface area contributed by atoms with Crippen LogP contribution in [0.25, 0.3) is 0 Å². The van der Waals surface area contributed by atoms with Crippen molar-refractivity contribution in [3.8, 4) is 0 Å². The van der Waals surface area contributed by atoms with Crippen LogP contribution in [-0.4, -0.2) is 30.2 Å². The Kier molecular flexibility index (Phi) is 5.15. The lowest BCUT2D eigenvalue weighted by atomic mass is 9.90. The zero-order valence-electron chi connectivity index (χ0n) is 10.9. The summed E-state index contributed by atoms with van der Waals surface area (Å²) in [5, 5.41) is 3.56. The SMILES string of the molecule is COCCC(C)(C)CNc1cc(C)nc(Cl)n1. The number of hydrogen-bond acceptors (Lipinski definition) is 4. The van der Waals surface area contributed by atoms with E-state index in [4.69, 9.17) is 16.3 Å². The van der Waals surface area contributed by atoms with E-state index in [9.17, 15) is 0 Å². The minimum absolute atomic E-state index is 0.154. The van der Waals surface area contributed by atoms with E-state index in [1.54, 1.807) is 7.11 Å². The smallest absolute Gasteiger partial charge is 0.224 e. The van der Waals surface area contributed by atoms with E-state index in [-0.39, 0.29) is 10.7 Å². The number of halogens is 1. The Balaban J connectivity index is 2.54. The second kappa shape index (κ2) is 6.17. The Morgan fingerprint density at radius 3 is 2.71 bits per heavy atom. The van der Waals surface area contributed by atoms with Gasteiger partial charge in [-0.2, -0.15) is 0 Å². The second-order valence-electron chi connectivity index (χ2n) is 4.92. The monoisotopic (exact) mass is 257 g/mol. The van der Waals surface area contributed by atoms with Crippen LogP contribution < -0.4 is 5.32 Å². The number of aryl methyl sites for hydroxylation is 1. The first kappa shape index (κ1) is 14.2. The lowest BCUT2D eigenvalue weighted by Crippen LogP contribution is -2.25. The number of aromatic nitrogens is 2. The largest absolute Gasteiger partial charge is 0.385 e. The lowest BCUT2D eigenvalue weighted by Gasteiger charge is -2.24. The van der Waals surface area contributed by atoms with E-state index >= 15 is 0 Å². The van der Waals surface area contributed by atoms with Crippen LogP contribution in [-0.2, 0) is 4.74 Å². The third kappa shape index (κ3) is 5.33. The molecule has 1 aromatic heterocycles. The third-order valence-electron chi connectivity index (χ3n) is 2.56. The third-order valence-corrected chi connectivity index (χ3v) is 2.73. The van der Waals surface area contributed by atoms with Crippen molar-refractivity contribution in [2.45, 2.75) is 27.2 Å². The van der Waals surface area contributed by atoms with Crippen molar-refractivity contribution in [1.82, 2.24) is 9.97 Å². The molecular weight excluding hydrogens is 238 g/mol. The Morgan fingerprint density at radius 1 is 1.41 bits per heavy atom. The molecule has 96 valence electrons. The molecule has 5 heteroatoms. The molecule has 0 spiro atoms. The van der Waals surface area contributed by atoms with E-state index in [0.717, 1.165) is 31.1 Å². The Morgan fingerprint density at radius 2 is 2.12 bits per heavy atom. The molecule has 17 heavy (non-hydrogen) atoms. The molecule has 0 radical (unpaired) electrons. The Hall–Kier alpha value is -0.870. The average molecular weight is 258 g/mol. The van der Waals surface area contributed by atoms with Crippen LogP contribution in [0.2, 0.25) is 5.28 Å². The van der Waals surface area contributed by atoms with Crippen molar-refractivity contribution in [2.24, 2.45) is 5.41 Å². The van der Waals surface area contributed by atoms with Gasteiger partial charge in [-0.05, 0) is 30.4 Å². The van der Waals surface area contributed by atoms with E-state index in [2.05, 4.69) is 29.1 Å². The molecule has 0 aliphatic rings. The van der Waals surface area contributed by atoms with Gasteiger partial charge in [-0.25, -0.2) is 9.97 Å². The first-order valence-corrected chi connectivity index (χ1v) is 6.05. The minimum Gasteiger partial charge on any atom is -0.385 e. The number of ether oxygens (including phenoxy) is 1. The van der Waals surface area contributed by atoms with Gasteiger partial charge in [0.15, 0.2) is 0 Å². The molecule has 1 rings (SSSR count). The maximum atomic E-state index is 5.80. The highest BCUT2D eigenvalue weighted by Crippen LogP contribution is 2.21. The molecule has 1 N–H and O–H groups in total. The normalized spacial score (nSPS) is 11.6. The molecule has 0 bridgehead atoms. The van der Waals surface area contributed by atoms with Crippen LogP contribution in [0.1, 0.15) is 26.0 Å². The number of anilines is 1. The summed E-state index contributed by atoms with van der Waals surface area (Å²) < 4.78 is 5.09. The molecule has 0 fully saturated rings. The van der Waals surface area contributed by atoms with Crippen molar-refractivity contribution in [3.05, 3.63) is 17.0 Å². The van der Waals surface area contributed by atoms with Gasteiger partial charge in [0.05, 0.1) is 0 Å². The zero-order chi connectivity index (χ0) is 12.9. The number of methoxy groups -OCH3 is 1. The summed E-state index contributed by atoms with van der Waals surface area (Å²) in [5.41, 5.74) is 1.02. The van der Waals surface area contributed by atoms with Crippen LogP contribution in [0.15, 0.2) is 6.07 Å². The van der Waals surface area contributed by atoms with Crippen LogP contribution >= 0.6 is 11.6 Å². The van der Waals surface area contributed by atoms with Crippen molar-refractivity contribution in [2.75, 3.05) is 25.6 Å². The van der Waals surface area contributed by atoms with Gasteiger partial charge in [-0.3, -0.25) is 0 Å². The molecule has 0 unspecified atom stereocenters. The topological polar surface area (TPSA) is 47.0 Å². The van der Waals surface area contributed by atoms with Crippen LogP contribution in [0.5, 0.6) is 0 Å². The Labute approximate surface area is 108 Å². The lowest BCUT2D eigenvalue weighted by molar-refractivity contribution is 0.157. The molecule has 0 saturated heterocycles. The first-order valence-electron chi connectivity index (χ1n) is 5.67. The molecule has 0 aliphatic heterocycles. The average Bonchev–Trinajstić information content (AvgIpc) is 2.23. The summed E-state index contributed by atoms with van der Waals surface area (Å²) in [5.74, 6) is 0.771. The molecule has 0 aromatic carbocycles. The predicted molar refractivity (Wildman–Crippen MR) is 70.5 cm³/mol. The highest BCUT2D eigenvalue weighted by molar-refractivity contribution is 6.28. The Bertz CT molecular complexity index is 349. The van der Waals surface area contributed by atoms with Gasteiger partial charge in [0.1, 0.15) is 5.82 Å². The summed E-state index contributed by atoms with van der Waals surface area (Å²) in [6.45, 7) is 7.86.